The number of alkyl halides is 1. The van der Waals surface area contributed by atoms with Crippen LogP contribution in [-0.4, -0.2) is 51.5 Å². The highest BCUT2D eigenvalue weighted by molar-refractivity contribution is 7.18. The largest absolute Gasteiger partial charge is 0.480 e. The van der Waals surface area contributed by atoms with E-state index in [0.29, 0.717) is 44.5 Å². The summed E-state index contributed by atoms with van der Waals surface area (Å²) in [5.74, 6) is -0.643. The molecular weight excluding hydrogens is 466 g/mol. The Balaban J connectivity index is 0.00000214. The lowest BCUT2D eigenvalue weighted by Crippen LogP contribution is -2.54. The van der Waals surface area contributed by atoms with E-state index in [1.807, 2.05) is 54.5 Å². The summed E-state index contributed by atoms with van der Waals surface area (Å²) < 4.78 is 20.4. The number of carbonyl (C=O) groups excluding carboxylic acids is 1. The summed E-state index contributed by atoms with van der Waals surface area (Å²) in [6, 6.07) is -1.46. The van der Waals surface area contributed by atoms with Crippen LogP contribution in [0.4, 0.5) is 4.39 Å². The maximum Gasteiger partial charge on any atom is 0.326 e. The number of nitrogens with one attached hydrogen (secondary N) is 1. The third kappa shape index (κ3) is 11.9. The van der Waals surface area contributed by atoms with Crippen molar-refractivity contribution in [2.75, 3.05) is 6.54 Å². The fourth-order valence-electron chi connectivity index (χ4n) is 4.34. The second-order valence-electron chi connectivity index (χ2n) is 10.6. The van der Waals surface area contributed by atoms with E-state index in [4.69, 9.17) is 4.74 Å². The van der Waals surface area contributed by atoms with Crippen LogP contribution >= 0.6 is 9.24 Å². The van der Waals surface area contributed by atoms with Crippen molar-refractivity contribution in [2.45, 2.75) is 130 Å². The number of likely N-dealkylation sites (tertiary alicyclic amines) is 1. The Morgan fingerprint density at radius 2 is 1.74 bits per heavy atom. The average Bonchev–Trinajstić information content (AvgIpc) is 3.15. The van der Waals surface area contributed by atoms with Gasteiger partial charge >= 0.3 is 5.97 Å². The van der Waals surface area contributed by atoms with Gasteiger partial charge in [0.05, 0.1) is 0 Å². The predicted octanol–water partition coefficient (Wildman–Crippen LogP) is 6.51. The number of aliphatic carboxylic acids is 1. The molecule has 0 radical (unpaired) electrons. The number of allylic oxidation sites excluding steroid dienone is 1. The molecule has 3 unspecified atom stereocenters. The molecule has 1 saturated carbocycles. The second kappa shape index (κ2) is 15.7. The minimum atomic E-state index is -1.29. The number of carbonyl (C=O) groups is 2. The maximum atomic E-state index is 14.4. The fourth-order valence-corrected chi connectivity index (χ4v) is 4.67. The Morgan fingerprint density at radius 1 is 1.23 bits per heavy atom. The van der Waals surface area contributed by atoms with Crippen LogP contribution in [0.2, 0.25) is 0 Å². The molecule has 35 heavy (non-hydrogen) atoms. The highest BCUT2D eigenvalue weighted by atomic mass is 31.0. The van der Waals surface area contributed by atoms with Gasteiger partial charge in [-0.2, -0.15) is 0 Å². The molecule has 206 valence electrons. The number of carboxylic acids is 1. The Kier molecular flexibility index (Phi) is 15.1. The third-order valence-corrected chi connectivity index (χ3v) is 6.36. The number of ether oxygens (including phenoxy) is 1. The van der Waals surface area contributed by atoms with Gasteiger partial charge in [0.1, 0.15) is 23.1 Å². The van der Waals surface area contributed by atoms with Crippen LogP contribution in [-0.2, 0) is 14.3 Å². The van der Waals surface area contributed by atoms with Crippen molar-refractivity contribution in [1.29, 1.82) is 0 Å². The molecule has 0 spiro atoms. The zero-order valence-corrected chi connectivity index (χ0v) is 24.8. The number of hydrogen-bond acceptors (Lipinski definition) is 4. The highest BCUT2D eigenvalue weighted by Crippen LogP contribution is 2.41. The molecule has 0 aromatic rings. The third-order valence-electron chi connectivity index (χ3n) is 5.78. The Morgan fingerprint density at radius 3 is 2.17 bits per heavy atom. The minimum Gasteiger partial charge on any atom is -0.480 e. The maximum absolute atomic E-state index is 14.4. The van der Waals surface area contributed by atoms with Gasteiger partial charge < -0.3 is 20.1 Å². The van der Waals surface area contributed by atoms with Crippen molar-refractivity contribution in [1.82, 2.24) is 10.2 Å². The van der Waals surface area contributed by atoms with E-state index in [1.165, 1.54) is 11.3 Å². The monoisotopic (exact) mass is 518 g/mol. The summed E-state index contributed by atoms with van der Waals surface area (Å²) in [4.78, 5) is 26.8. The van der Waals surface area contributed by atoms with E-state index in [2.05, 4.69) is 28.4 Å². The Bertz CT molecular complexity index is 669. The first-order chi connectivity index (χ1) is 16.2. The normalized spacial score (nSPS) is 27.6. The Hall–Kier alpha value is -1.36. The predicted molar refractivity (Wildman–Crippen MR) is 146 cm³/mol. The molecule has 2 aliphatic rings. The number of hydrogen-bond donors (Lipinski definition) is 2. The summed E-state index contributed by atoms with van der Waals surface area (Å²) in [6.07, 6.45) is 6.15. The first-order valence-corrected chi connectivity index (χ1v) is 14.0. The summed E-state index contributed by atoms with van der Waals surface area (Å²) in [5, 5.41) is 11.6. The highest BCUT2D eigenvalue weighted by Gasteiger charge is 2.44. The number of rotatable bonds is 7. The van der Waals surface area contributed by atoms with Gasteiger partial charge in [-0.1, -0.05) is 57.2 Å². The zero-order valence-electron chi connectivity index (χ0n) is 23.6. The SMILES string of the molecule is CC.CC/C=C(\NC(C(=O)N1C[C@H](C)CC1C(=O)O)C1CCC(F)(P)CC1)OC(C)(C)C.CCC. The first-order valence-electron chi connectivity index (χ1n) is 13.4. The van der Waals surface area contributed by atoms with E-state index in [0.717, 1.165) is 6.42 Å². The van der Waals surface area contributed by atoms with Crippen molar-refractivity contribution >= 4 is 21.1 Å². The van der Waals surface area contributed by atoms with Crippen molar-refractivity contribution in [3.8, 4) is 0 Å². The molecule has 1 heterocycles. The summed E-state index contributed by atoms with van der Waals surface area (Å²) in [7, 11) is 2.29. The molecular formula is C27H52FN2O4P. The number of halogens is 1. The van der Waals surface area contributed by atoms with E-state index < -0.39 is 29.1 Å². The smallest absolute Gasteiger partial charge is 0.326 e. The van der Waals surface area contributed by atoms with Crippen LogP contribution in [0.1, 0.15) is 107 Å². The lowest BCUT2D eigenvalue weighted by Gasteiger charge is -2.38. The topological polar surface area (TPSA) is 78.9 Å². The van der Waals surface area contributed by atoms with E-state index >= 15 is 0 Å². The van der Waals surface area contributed by atoms with Gasteiger partial charge in [0, 0.05) is 6.54 Å². The zero-order chi connectivity index (χ0) is 27.4. The first kappa shape index (κ1) is 33.6. The molecule has 1 saturated heterocycles. The number of amides is 1. The van der Waals surface area contributed by atoms with Gasteiger partial charge in [-0.05, 0) is 77.2 Å². The van der Waals surface area contributed by atoms with Crippen LogP contribution in [0.3, 0.4) is 0 Å². The van der Waals surface area contributed by atoms with Crippen LogP contribution in [0.15, 0.2) is 12.0 Å². The molecule has 2 N–H and O–H groups in total. The van der Waals surface area contributed by atoms with Crippen molar-refractivity contribution in [3.63, 3.8) is 0 Å². The summed E-state index contributed by atoms with van der Waals surface area (Å²) in [5.41, 5.74) is -0.450. The molecule has 1 amide bonds. The molecule has 0 aromatic heterocycles. The molecule has 1 aliphatic heterocycles. The summed E-state index contributed by atoms with van der Waals surface area (Å²) >= 11 is 0. The molecule has 2 fully saturated rings. The average molecular weight is 519 g/mol. The molecule has 6 nitrogen and oxygen atoms in total. The van der Waals surface area contributed by atoms with Crippen molar-refractivity contribution in [2.24, 2.45) is 11.8 Å². The standard InChI is InChI=1S/C22H38FN2O4P.C3H8.C2H6/c1-6-7-17(29-21(3,4)5)24-18(15-8-10-22(23,30)11-9-15)19(26)25-13-14(2)12-16(25)20(27)28;1-3-2;1-2/h7,14-16,18,24H,6,8-13,30H2,1-5H3,(H,27,28);3H2,1-2H3;1-2H3/b17-7+;;/t14-,15?,16?,18?,22?;;/m1../s1. The van der Waals surface area contributed by atoms with Gasteiger partial charge in [-0.3, -0.25) is 4.79 Å². The lowest BCUT2D eigenvalue weighted by atomic mass is 9.82. The second-order valence-corrected chi connectivity index (χ2v) is 11.6. The molecule has 4 atom stereocenters. The molecule has 0 bridgehead atoms. The van der Waals surface area contributed by atoms with Gasteiger partial charge in [0.25, 0.3) is 0 Å². The molecule has 8 heteroatoms. The van der Waals surface area contributed by atoms with Gasteiger partial charge in [0.15, 0.2) is 5.88 Å². The quantitative estimate of drug-likeness (QED) is 0.297. The van der Waals surface area contributed by atoms with E-state index in [9.17, 15) is 19.1 Å². The van der Waals surface area contributed by atoms with E-state index in [-0.39, 0.29) is 17.7 Å². The lowest BCUT2D eigenvalue weighted by molar-refractivity contribution is -0.150. The molecule has 1 aliphatic carbocycles. The molecule has 0 aromatic carbocycles. The van der Waals surface area contributed by atoms with Gasteiger partial charge in [-0.25, -0.2) is 9.18 Å². The van der Waals surface area contributed by atoms with Crippen LogP contribution in [0.25, 0.3) is 0 Å². The number of nitrogens with zero attached hydrogens (tertiary/aromatic N) is 1. The minimum absolute atomic E-state index is 0.0869. The van der Waals surface area contributed by atoms with Gasteiger partial charge in [-0.15, -0.1) is 0 Å². The number of carboxylic acid groups (broad SMARTS) is 1. The van der Waals surface area contributed by atoms with Crippen LogP contribution < -0.4 is 5.32 Å². The molecule has 2 rings (SSSR count). The van der Waals surface area contributed by atoms with Gasteiger partial charge in [0.2, 0.25) is 5.91 Å². The van der Waals surface area contributed by atoms with Crippen molar-refractivity contribution in [3.05, 3.63) is 12.0 Å². The summed E-state index contributed by atoms with van der Waals surface area (Å²) in [6.45, 7) is 18.4. The van der Waals surface area contributed by atoms with Crippen molar-refractivity contribution < 1.29 is 23.8 Å². The fraction of sp³-hybridized carbons (Fsp3) is 0.852. The van der Waals surface area contributed by atoms with Crippen LogP contribution in [0.5, 0.6) is 0 Å². The van der Waals surface area contributed by atoms with Crippen LogP contribution in [0, 0.1) is 11.8 Å². The van der Waals surface area contributed by atoms with E-state index in [1.54, 1.807) is 0 Å². The Labute approximate surface area is 216 Å².